The van der Waals surface area contributed by atoms with E-state index in [0.717, 1.165) is 18.2 Å². The van der Waals surface area contributed by atoms with Crippen molar-refractivity contribution in [1.82, 2.24) is 9.88 Å². The van der Waals surface area contributed by atoms with E-state index in [-0.39, 0.29) is 11.3 Å². The van der Waals surface area contributed by atoms with Gasteiger partial charge < -0.3 is 15.6 Å². The van der Waals surface area contributed by atoms with Crippen LogP contribution in [-0.4, -0.2) is 21.6 Å². The van der Waals surface area contributed by atoms with E-state index in [4.69, 9.17) is 5.73 Å². The number of aromatic nitrogens is 1. The second-order valence-corrected chi connectivity index (χ2v) is 5.09. The van der Waals surface area contributed by atoms with Crippen molar-refractivity contribution in [2.75, 3.05) is 5.73 Å². The Morgan fingerprint density at radius 2 is 2.04 bits per heavy atom. The van der Waals surface area contributed by atoms with Crippen LogP contribution < -0.4 is 11.1 Å². The van der Waals surface area contributed by atoms with Gasteiger partial charge in [-0.15, -0.1) is 0 Å². The van der Waals surface area contributed by atoms with E-state index in [1.165, 1.54) is 30.1 Å². The fraction of sp³-hybridized carbons (Fsp3) is 0.214. The van der Waals surface area contributed by atoms with Gasteiger partial charge in [-0.05, 0) is 12.1 Å². The molecule has 0 radical (unpaired) electrons. The number of anilines is 1. The molecule has 1 heterocycles. The highest BCUT2D eigenvalue weighted by Gasteiger charge is 2.42. The molecule has 0 bridgehead atoms. The summed E-state index contributed by atoms with van der Waals surface area (Å²) in [4.78, 5) is 22.1. The Morgan fingerprint density at radius 1 is 1.38 bits per heavy atom. The number of non-ortho nitro benzene ring substituents is 1. The Labute approximate surface area is 134 Å². The van der Waals surface area contributed by atoms with E-state index < -0.39 is 34.3 Å². The fourth-order valence-corrected chi connectivity index (χ4v) is 2.11. The van der Waals surface area contributed by atoms with Gasteiger partial charge in [0, 0.05) is 42.8 Å². The van der Waals surface area contributed by atoms with Gasteiger partial charge in [-0.2, -0.15) is 13.2 Å². The lowest BCUT2D eigenvalue weighted by Crippen LogP contribution is -2.38. The Bertz CT molecular complexity index is 786. The number of carbonyl (C=O) groups excluding carboxylic acids is 1. The second-order valence-electron chi connectivity index (χ2n) is 5.09. The van der Waals surface area contributed by atoms with Crippen LogP contribution in [-0.2, 0) is 7.05 Å². The zero-order chi connectivity index (χ0) is 18.1. The number of nitro groups is 1. The molecule has 2 aromatic rings. The maximum atomic E-state index is 13.2. The molecule has 10 heteroatoms. The molecular weight excluding hydrogens is 329 g/mol. The smallest absolute Gasteiger partial charge is 0.398 e. The largest absolute Gasteiger partial charge is 0.412 e. The number of benzene rings is 1. The highest BCUT2D eigenvalue weighted by Crippen LogP contribution is 2.33. The van der Waals surface area contributed by atoms with Gasteiger partial charge in [0.25, 0.3) is 11.6 Å². The van der Waals surface area contributed by atoms with Crippen LogP contribution in [0.5, 0.6) is 0 Å². The Kier molecular flexibility index (Phi) is 4.49. The van der Waals surface area contributed by atoms with Gasteiger partial charge in [0.15, 0.2) is 6.04 Å². The molecule has 1 aromatic heterocycles. The SMILES string of the molecule is Cn1ccc(C(NC(=O)c2cc([N+](=O)[O-])ccc2N)C(F)(F)F)c1. The van der Waals surface area contributed by atoms with Gasteiger partial charge in [-0.1, -0.05) is 0 Å². The first-order valence-electron chi connectivity index (χ1n) is 6.63. The van der Waals surface area contributed by atoms with Crippen molar-refractivity contribution in [1.29, 1.82) is 0 Å². The summed E-state index contributed by atoms with van der Waals surface area (Å²) in [5.74, 6) is -1.15. The van der Waals surface area contributed by atoms with Crippen LogP contribution in [0.25, 0.3) is 0 Å². The molecule has 1 aromatic carbocycles. The summed E-state index contributed by atoms with van der Waals surface area (Å²) in [7, 11) is 1.54. The molecule has 1 atom stereocenters. The Balaban J connectivity index is 2.35. The average molecular weight is 342 g/mol. The van der Waals surface area contributed by atoms with Gasteiger partial charge in [0.2, 0.25) is 0 Å². The van der Waals surface area contributed by atoms with E-state index in [2.05, 4.69) is 0 Å². The van der Waals surface area contributed by atoms with Crippen molar-refractivity contribution in [2.24, 2.45) is 7.05 Å². The molecule has 7 nitrogen and oxygen atoms in total. The quantitative estimate of drug-likeness (QED) is 0.506. The molecule has 24 heavy (non-hydrogen) atoms. The topological polar surface area (TPSA) is 103 Å². The predicted octanol–water partition coefficient (Wildman–Crippen LogP) is 2.55. The van der Waals surface area contributed by atoms with E-state index in [9.17, 15) is 28.1 Å². The normalized spacial score (nSPS) is 12.7. The summed E-state index contributed by atoms with van der Waals surface area (Å²) in [6.45, 7) is 0. The summed E-state index contributed by atoms with van der Waals surface area (Å²) >= 11 is 0. The van der Waals surface area contributed by atoms with Crippen molar-refractivity contribution in [3.8, 4) is 0 Å². The number of hydrogen-bond donors (Lipinski definition) is 2. The van der Waals surface area contributed by atoms with Crippen LogP contribution in [0.3, 0.4) is 0 Å². The van der Waals surface area contributed by atoms with E-state index in [1.807, 2.05) is 5.32 Å². The number of halogens is 3. The zero-order valence-electron chi connectivity index (χ0n) is 12.4. The number of nitrogen functional groups attached to an aromatic ring is 1. The molecular formula is C14H13F3N4O3. The summed E-state index contributed by atoms with van der Waals surface area (Å²) in [6.07, 6.45) is -2.12. The number of hydrogen-bond acceptors (Lipinski definition) is 4. The van der Waals surface area contributed by atoms with E-state index >= 15 is 0 Å². The number of amides is 1. The third kappa shape index (κ3) is 3.65. The number of aryl methyl sites for hydroxylation is 1. The minimum atomic E-state index is -4.74. The van der Waals surface area contributed by atoms with Crippen LogP contribution in [0.4, 0.5) is 24.5 Å². The predicted molar refractivity (Wildman–Crippen MR) is 79.2 cm³/mol. The van der Waals surface area contributed by atoms with Crippen LogP contribution in [0.15, 0.2) is 36.7 Å². The van der Waals surface area contributed by atoms with Crippen molar-refractivity contribution < 1.29 is 22.9 Å². The first kappa shape index (κ1) is 17.3. The lowest BCUT2D eigenvalue weighted by Gasteiger charge is -2.21. The number of rotatable bonds is 4. The Morgan fingerprint density at radius 3 is 2.54 bits per heavy atom. The molecule has 0 spiro atoms. The lowest BCUT2D eigenvalue weighted by molar-refractivity contribution is -0.384. The second kappa shape index (κ2) is 6.22. The molecule has 0 aliphatic rings. The Hall–Kier alpha value is -3.04. The summed E-state index contributed by atoms with van der Waals surface area (Å²) in [5, 5.41) is 12.6. The highest BCUT2D eigenvalue weighted by atomic mass is 19.4. The molecule has 0 fully saturated rings. The van der Waals surface area contributed by atoms with E-state index in [1.54, 1.807) is 0 Å². The molecule has 128 valence electrons. The number of nitrogens with one attached hydrogen (secondary N) is 1. The maximum absolute atomic E-state index is 13.2. The van der Waals surface area contributed by atoms with Gasteiger partial charge in [0.05, 0.1) is 10.5 Å². The van der Waals surface area contributed by atoms with Gasteiger partial charge in [-0.25, -0.2) is 0 Å². The number of alkyl halides is 3. The molecule has 1 unspecified atom stereocenters. The minimum Gasteiger partial charge on any atom is -0.398 e. The first-order chi connectivity index (χ1) is 11.1. The molecule has 2 rings (SSSR count). The van der Waals surface area contributed by atoms with Crippen LogP contribution in [0.2, 0.25) is 0 Å². The maximum Gasteiger partial charge on any atom is 0.412 e. The van der Waals surface area contributed by atoms with Crippen molar-refractivity contribution in [3.05, 3.63) is 57.9 Å². The molecule has 1 amide bonds. The van der Waals surface area contributed by atoms with Crippen molar-refractivity contribution in [2.45, 2.75) is 12.2 Å². The van der Waals surface area contributed by atoms with E-state index in [0.29, 0.717) is 0 Å². The fourth-order valence-electron chi connectivity index (χ4n) is 2.11. The molecule has 3 N–H and O–H groups in total. The molecule has 0 saturated heterocycles. The molecule has 0 aliphatic heterocycles. The molecule has 0 saturated carbocycles. The first-order valence-corrected chi connectivity index (χ1v) is 6.63. The standard InChI is InChI=1S/C14H13F3N4O3/c1-20-5-4-8(7-20)12(14(15,16)17)19-13(22)10-6-9(21(23)24)2-3-11(10)18/h2-7,12H,18H2,1H3,(H,19,22). The summed E-state index contributed by atoms with van der Waals surface area (Å²) < 4.78 is 41.1. The number of nitro benzene ring substituents is 1. The summed E-state index contributed by atoms with van der Waals surface area (Å²) in [5.41, 5.74) is 4.38. The number of carbonyl (C=O) groups is 1. The third-order valence-corrected chi connectivity index (χ3v) is 3.28. The molecule has 0 aliphatic carbocycles. The summed E-state index contributed by atoms with van der Waals surface area (Å²) in [6, 6.07) is 1.95. The van der Waals surface area contributed by atoms with Gasteiger partial charge >= 0.3 is 6.18 Å². The average Bonchev–Trinajstić information content (AvgIpc) is 2.89. The zero-order valence-corrected chi connectivity index (χ0v) is 12.4. The lowest BCUT2D eigenvalue weighted by atomic mass is 10.1. The minimum absolute atomic E-state index is 0.160. The third-order valence-electron chi connectivity index (χ3n) is 3.28. The monoisotopic (exact) mass is 342 g/mol. The number of nitrogens with zero attached hydrogens (tertiary/aromatic N) is 2. The number of nitrogens with two attached hydrogens (primary N) is 1. The van der Waals surface area contributed by atoms with Crippen molar-refractivity contribution in [3.63, 3.8) is 0 Å². The van der Waals surface area contributed by atoms with Crippen LogP contribution >= 0.6 is 0 Å². The van der Waals surface area contributed by atoms with Gasteiger partial charge in [0.1, 0.15) is 0 Å². The van der Waals surface area contributed by atoms with Crippen LogP contribution in [0, 0.1) is 10.1 Å². The van der Waals surface area contributed by atoms with Gasteiger partial charge in [-0.3, -0.25) is 14.9 Å². The van der Waals surface area contributed by atoms with Crippen LogP contribution in [0.1, 0.15) is 22.0 Å². The highest BCUT2D eigenvalue weighted by molar-refractivity contribution is 6.00. The van der Waals surface area contributed by atoms with Crippen molar-refractivity contribution >= 4 is 17.3 Å².